The summed E-state index contributed by atoms with van der Waals surface area (Å²) >= 11 is 2.71. The van der Waals surface area contributed by atoms with E-state index in [1.807, 2.05) is 73.1 Å². The molecule has 6 nitrogen and oxygen atoms in total. The zero-order chi connectivity index (χ0) is 25.1. The molecule has 0 spiro atoms. The number of amides is 2. The van der Waals surface area contributed by atoms with Crippen molar-refractivity contribution in [3.05, 3.63) is 106 Å². The normalized spacial score (nSPS) is 10.7. The first-order chi connectivity index (χ1) is 17.4. The van der Waals surface area contributed by atoms with Crippen LogP contribution in [0.4, 0.5) is 10.3 Å². The van der Waals surface area contributed by atoms with Crippen LogP contribution >= 0.6 is 22.7 Å². The second kappa shape index (κ2) is 10.2. The molecule has 0 radical (unpaired) electrons. The van der Waals surface area contributed by atoms with Crippen molar-refractivity contribution in [2.24, 2.45) is 0 Å². The Labute approximate surface area is 216 Å². The van der Waals surface area contributed by atoms with Gasteiger partial charge in [0.25, 0.3) is 11.8 Å². The highest BCUT2D eigenvalue weighted by Crippen LogP contribution is 2.27. The van der Waals surface area contributed by atoms with Crippen LogP contribution in [0.2, 0.25) is 0 Å². The van der Waals surface area contributed by atoms with Gasteiger partial charge in [0.1, 0.15) is 0 Å². The highest BCUT2D eigenvalue weighted by molar-refractivity contribution is 7.14. The minimum atomic E-state index is -0.328. The Bertz CT molecular complexity index is 1420. The van der Waals surface area contributed by atoms with Gasteiger partial charge in [0.15, 0.2) is 10.3 Å². The van der Waals surface area contributed by atoms with Crippen LogP contribution in [0.3, 0.4) is 0 Å². The van der Waals surface area contributed by atoms with Gasteiger partial charge in [-0.2, -0.15) is 0 Å². The molecule has 0 bridgehead atoms. The number of carbonyl (C=O) groups is 2. The lowest BCUT2D eigenvalue weighted by Gasteiger charge is -2.05. The molecule has 36 heavy (non-hydrogen) atoms. The molecule has 0 aliphatic rings. The van der Waals surface area contributed by atoms with Crippen LogP contribution in [0.15, 0.2) is 83.6 Å². The third kappa shape index (κ3) is 5.40. The third-order valence-corrected chi connectivity index (χ3v) is 7.05. The molecule has 3 aromatic carbocycles. The van der Waals surface area contributed by atoms with Crippen LogP contribution in [-0.2, 0) is 0 Å². The Balaban J connectivity index is 1.25. The van der Waals surface area contributed by atoms with Gasteiger partial charge in [-0.15, -0.1) is 22.7 Å². The molecule has 2 N–H and O–H groups in total. The number of nitrogens with one attached hydrogen (secondary N) is 2. The van der Waals surface area contributed by atoms with Crippen molar-refractivity contribution in [3.8, 4) is 22.5 Å². The van der Waals surface area contributed by atoms with Crippen LogP contribution in [0.25, 0.3) is 22.5 Å². The van der Waals surface area contributed by atoms with Crippen molar-refractivity contribution in [2.75, 3.05) is 10.6 Å². The molecule has 0 aliphatic heterocycles. The van der Waals surface area contributed by atoms with Crippen molar-refractivity contribution < 1.29 is 9.59 Å². The average Bonchev–Trinajstić information content (AvgIpc) is 3.55. The molecule has 0 saturated heterocycles. The molecule has 8 heteroatoms. The summed E-state index contributed by atoms with van der Waals surface area (Å²) in [5.41, 5.74) is 6.67. The third-order valence-electron chi connectivity index (χ3n) is 5.53. The quantitative estimate of drug-likeness (QED) is 0.256. The van der Waals surface area contributed by atoms with E-state index in [9.17, 15) is 9.59 Å². The fraction of sp³-hybridized carbons (Fsp3) is 0.0714. The fourth-order valence-electron chi connectivity index (χ4n) is 3.52. The Morgan fingerprint density at radius 3 is 1.47 bits per heavy atom. The molecule has 0 saturated carbocycles. The van der Waals surface area contributed by atoms with Gasteiger partial charge in [0.05, 0.1) is 11.4 Å². The van der Waals surface area contributed by atoms with E-state index >= 15 is 0 Å². The number of thiazole rings is 2. The largest absolute Gasteiger partial charge is 0.298 e. The number of aromatic nitrogens is 2. The predicted molar refractivity (Wildman–Crippen MR) is 147 cm³/mol. The van der Waals surface area contributed by atoms with E-state index in [0.717, 1.165) is 22.5 Å². The number of benzene rings is 3. The summed E-state index contributed by atoms with van der Waals surface area (Å²) in [6.07, 6.45) is 0. The number of anilines is 2. The minimum Gasteiger partial charge on any atom is -0.298 e. The van der Waals surface area contributed by atoms with Crippen LogP contribution in [0, 0.1) is 13.8 Å². The molecule has 0 fully saturated rings. The topological polar surface area (TPSA) is 84.0 Å². The van der Waals surface area contributed by atoms with E-state index in [0.29, 0.717) is 21.4 Å². The second-order valence-corrected chi connectivity index (χ2v) is 10.0. The SMILES string of the molecule is Cc1ccc(-c2csc(NC(=O)c3cccc(C(=O)Nc4nc(-c5ccc(C)cc5)cs4)c3)n2)cc1. The fourth-order valence-corrected chi connectivity index (χ4v) is 4.95. The summed E-state index contributed by atoms with van der Waals surface area (Å²) in [4.78, 5) is 34.7. The maximum absolute atomic E-state index is 12.8. The van der Waals surface area contributed by atoms with E-state index in [1.165, 1.54) is 33.8 Å². The van der Waals surface area contributed by atoms with Crippen LogP contribution in [0.5, 0.6) is 0 Å². The van der Waals surface area contributed by atoms with Gasteiger partial charge in [0, 0.05) is 33.0 Å². The number of aryl methyl sites for hydroxylation is 2. The van der Waals surface area contributed by atoms with Gasteiger partial charge in [-0.05, 0) is 32.0 Å². The molecule has 5 rings (SSSR count). The predicted octanol–water partition coefficient (Wildman–Crippen LogP) is 7.06. The lowest BCUT2D eigenvalue weighted by atomic mass is 10.1. The van der Waals surface area contributed by atoms with Crippen molar-refractivity contribution in [2.45, 2.75) is 13.8 Å². The molecule has 178 valence electrons. The van der Waals surface area contributed by atoms with Gasteiger partial charge < -0.3 is 0 Å². The molecule has 2 amide bonds. The van der Waals surface area contributed by atoms with Crippen LogP contribution in [0.1, 0.15) is 31.8 Å². The van der Waals surface area contributed by atoms with Gasteiger partial charge in [-0.25, -0.2) is 9.97 Å². The summed E-state index contributed by atoms with van der Waals surface area (Å²) in [5, 5.41) is 10.5. The number of hydrogen-bond donors (Lipinski definition) is 2. The van der Waals surface area contributed by atoms with Crippen molar-refractivity contribution >= 4 is 44.8 Å². The maximum Gasteiger partial charge on any atom is 0.257 e. The first-order valence-electron chi connectivity index (χ1n) is 11.2. The van der Waals surface area contributed by atoms with Crippen LogP contribution < -0.4 is 10.6 Å². The summed E-state index contributed by atoms with van der Waals surface area (Å²) in [6, 6.07) is 22.7. The molecule has 0 aliphatic carbocycles. The number of rotatable bonds is 6. The second-order valence-electron chi connectivity index (χ2n) is 8.30. The minimum absolute atomic E-state index is 0.328. The average molecular weight is 511 g/mol. The Hall–Kier alpha value is -4.14. The number of nitrogens with zero attached hydrogens (tertiary/aromatic N) is 2. The number of carbonyl (C=O) groups excluding carboxylic acids is 2. The molecule has 5 aromatic rings. The van der Waals surface area contributed by atoms with E-state index in [-0.39, 0.29) is 11.8 Å². The first-order valence-corrected chi connectivity index (χ1v) is 13.0. The summed E-state index contributed by atoms with van der Waals surface area (Å²) in [7, 11) is 0. The highest BCUT2D eigenvalue weighted by Gasteiger charge is 2.14. The monoisotopic (exact) mass is 510 g/mol. The highest BCUT2D eigenvalue weighted by atomic mass is 32.1. The Morgan fingerprint density at radius 2 is 1.06 bits per heavy atom. The lowest BCUT2D eigenvalue weighted by molar-refractivity contribution is 0.102. The van der Waals surface area contributed by atoms with Crippen molar-refractivity contribution in [1.82, 2.24) is 9.97 Å². The molecule has 0 unspecified atom stereocenters. The van der Waals surface area contributed by atoms with E-state index in [2.05, 4.69) is 20.6 Å². The van der Waals surface area contributed by atoms with Gasteiger partial charge >= 0.3 is 0 Å². The maximum atomic E-state index is 12.8. The molecule has 2 aromatic heterocycles. The lowest BCUT2D eigenvalue weighted by Crippen LogP contribution is -2.15. The molecular weight excluding hydrogens is 488 g/mol. The summed E-state index contributed by atoms with van der Waals surface area (Å²) in [6.45, 7) is 4.06. The van der Waals surface area contributed by atoms with Gasteiger partial charge in [-0.3, -0.25) is 20.2 Å². The van der Waals surface area contributed by atoms with E-state index < -0.39 is 0 Å². The van der Waals surface area contributed by atoms with Crippen LogP contribution in [-0.4, -0.2) is 21.8 Å². The zero-order valence-electron chi connectivity index (χ0n) is 19.6. The smallest absolute Gasteiger partial charge is 0.257 e. The van der Waals surface area contributed by atoms with Gasteiger partial charge in [0.2, 0.25) is 0 Å². The molecule has 0 atom stereocenters. The summed E-state index contributed by atoms with van der Waals surface area (Å²) < 4.78 is 0. The first kappa shape index (κ1) is 23.6. The summed E-state index contributed by atoms with van der Waals surface area (Å²) in [5.74, 6) is -0.657. The van der Waals surface area contributed by atoms with Crippen molar-refractivity contribution in [3.63, 3.8) is 0 Å². The van der Waals surface area contributed by atoms with E-state index in [4.69, 9.17) is 0 Å². The van der Waals surface area contributed by atoms with E-state index in [1.54, 1.807) is 24.3 Å². The molecular formula is C28H22N4O2S2. The standard InChI is InChI=1S/C28H22N4O2S2/c1-17-6-10-19(11-7-17)23-15-35-27(29-23)31-25(33)21-4-3-5-22(14-21)26(34)32-28-30-24(16-36-28)20-12-8-18(2)9-13-20/h3-16H,1-2H3,(H,29,31,33)(H,30,32,34). The Kier molecular flexibility index (Phi) is 6.71. The molecule has 2 heterocycles. The Morgan fingerprint density at radius 1 is 0.639 bits per heavy atom. The zero-order valence-corrected chi connectivity index (χ0v) is 21.2. The number of hydrogen-bond acceptors (Lipinski definition) is 6. The van der Waals surface area contributed by atoms with Gasteiger partial charge in [-0.1, -0.05) is 65.7 Å². The van der Waals surface area contributed by atoms with Crippen molar-refractivity contribution in [1.29, 1.82) is 0 Å².